The van der Waals surface area contributed by atoms with Gasteiger partial charge in [-0.25, -0.2) is 4.39 Å². The Balaban J connectivity index is 2.21. The lowest BCUT2D eigenvalue weighted by molar-refractivity contribution is -0.142. The van der Waals surface area contributed by atoms with E-state index in [1.807, 2.05) is 58.9 Å². The third kappa shape index (κ3) is 7.29. The molecule has 162 valence electrons. The van der Waals surface area contributed by atoms with Gasteiger partial charge in [0.25, 0.3) is 0 Å². The molecule has 0 aromatic heterocycles. The van der Waals surface area contributed by atoms with Crippen LogP contribution in [0.1, 0.15) is 57.2 Å². The summed E-state index contributed by atoms with van der Waals surface area (Å²) in [6, 6.07) is 13.6. The number of halogens is 1. The molecule has 0 aliphatic heterocycles. The number of hydrogen-bond acceptors (Lipinski definition) is 2. The summed E-state index contributed by atoms with van der Waals surface area (Å²) in [4.78, 5) is 27.8. The van der Waals surface area contributed by atoms with Crippen LogP contribution in [0.5, 0.6) is 0 Å². The predicted molar refractivity (Wildman–Crippen MR) is 118 cm³/mol. The Kier molecular flexibility index (Phi) is 8.16. The summed E-state index contributed by atoms with van der Waals surface area (Å²) in [6.45, 7) is 9.95. The third-order valence-corrected chi connectivity index (χ3v) is 4.90. The molecule has 2 aromatic rings. The molecule has 1 N–H and O–H groups in total. The van der Waals surface area contributed by atoms with Crippen molar-refractivity contribution in [3.63, 3.8) is 0 Å². The largest absolute Gasteiger partial charge is 0.350 e. The first-order valence-corrected chi connectivity index (χ1v) is 10.5. The quantitative estimate of drug-likeness (QED) is 0.678. The Morgan fingerprint density at radius 3 is 2.10 bits per heavy atom. The van der Waals surface area contributed by atoms with Gasteiger partial charge in [-0.15, -0.1) is 0 Å². The highest BCUT2D eigenvalue weighted by Gasteiger charge is 2.30. The van der Waals surface area contributed by atoms with Crippen LogP contribution < -0.4 is 5.32 Å². The van der Waals surface area contributed by atoms with Gasteiger partial charge in [0.15, 0.2) is 0 Å². The summed E-state index contributed by atoms with van der Waals surface area (Å²) in [5.41, 5.74) is 2.66. The summed E-state index contributed by atoms with van der Waals surface area (Å²) in [5.74, 6) is -0.583. The molecule has 0 fully saturated rings. The lowest BCUT2D eigenvalue weighted by atomic mass is 10.0. The summed E-state index contributed by atoms with van der Waals surface area (Å²) in [7, 11) is 0. The monoisotopic (exact) mass is 412 g/mol. The Hall–Kier alpha value is -2.69. The van der Waals surface area contributed by atoms with Crippen LogP contribution in [-0.4, -0.2) is 28.3 Å². The standard InChI is InChI=1S/C25H33FN2O2/c1-6-22(24(30)27-25(3,4)5)28(17-20-11-14-21(26)15-12-20)23(29)16-13-19-9-7-18(2)8-10-19/h7-12,14-15,22H,6,13,16-17H2,1-5H3,(H,27,30)/t22-/m1/s1. The fourth-order valence-corrected chi connectivity index (χ4v) is 3.31. The summed E-state index contributed by atoms with van der Waals surface area (Å²) >= 11 is 0. The van der Waals surface area contributed by atoms with Crippen LogP contribution in [0.2, 0.25) is 0 Å². The molecule has 2 rings (SSSR count). The number of carbonyl (C=O) groups is 2. The van der Waals surface area contributed by atoms with Crippen molar-refractivity contribution in [3.8, 4) is 0 Å². The van der Waals surface area contributed by atoms with Gasteiger partial charge in [0.2, 0.25) is 11.8 Å². The van der Waals surface area contributed by atoms with E-state index in [9.17, 15) is 14.0 Å². The molecule has 0 saturated heterocycles. The average molecular weight is 413 g/mol. The molecule has 0 bridgehead atoms. The van der Waals surface area contributed by atoms with Gasteiger partial charge < -0.3 is 10.2 Å². The van der Waals surface area contributed by atoms with E-state index in [-0.39, 0.29) is 24.2 Å². The predicted octanol–water partition coefficient (Wildman–Crippen LogP) is 4.79. The zero-order valence-corrected chi connectivity index (χ0v) is 18.7. The van der Waals surface area contributed by atoms with Crippen LogP contribution in [0.25, 0.3) is 0 Å². The zero-order chi connectivity index (χ0) is 22.3. The molecule has 5 heteroatoms. The number of amides is 2. The first kappa shape index (κ1) is 23.6. The zero-order valence-electron chi connectivity index (χ0n) is 18.7. The number of hydrogen-bond donors (Lipinski definition) is 1. The molecule has 30 heavy (non-hydrogen) atoms. The molecule has 0 unspecified atom stereocenters. The Morgan fingerprint density at radius 2 is 1.57 bits per heavy atom. The molecule has 0 radical (unpaired) electrons. The van der Waals surface area contributed by atoms with Crippen molar-refractivity contribution in [1.29, 1.82) is 0 Å². The molecule has 0 aliphatic rings. The van der Waals surface area contributed by atoms with Gasteiger partial charge >= 0.3 is 0 Å². The minimum Gasteiger partial charge on any atom is -0.350 e. The van der Waals surface area contributed by atoms with Gasteiger partial charge in [0, 0.05) is 18.5 Å². The Labute approximate surface area is 179 Å². The van der Waals surface area contributed by atoms with Gasteiger partial charge in [-0.05, 0) is 63.8 Å². The maximum absolute atomic E-state index is 13.3. The van der Waals surface area contributed by atoms with E-state index in [0.717, 1.165) is 11.1 Å². The molecule has 1 atom stereocenters. The molecule has 0 spiro atoms. The van der Waals surface area contributed by atoms with Gasteiger partial charge in [-0.1, -0.05) is 48.9 Å². The molecular weight excluding hydrogens is 379 g/mol. The van der Waals surface area contributed by atoms with E-state index in [2.05, 4.69) is 5.32 Å². The van der Waals surface area contributed by atoms with Crippen molar-refractivity contribution >= 4 is 11.8 Å². The molecule has 0 saturated carbocycles. The number of nitrogens with one attached hydrogen (secondary N) is 1. The van der Waals surface area contributed by atoms with E-state index in [1.165, 1.54) is 17.7 Å². The lowest BCUT2D eigenvalue weighted by Crippen LogP contribution is -2.53. The minimum absolute atomic E-state index is 0.0872. The molecule has 4 nitrogen and oxygen atoms in total. The van der Waals surface area contributed by atoms with E-state index < -0.39 is 11.6 Å². The smallest absolute Gasteiger partial charge is 0.243 e. The Bertz CT molecular complexity index is 839. The topological polar surface area (TPSA) is 49.4 Å². The van der Waals surface area contributed by atoms with E-state index in [1.54, 1.807) is 17.0 Å². The number of aryl methyl sites for hydroxylation is 2. The second-order valence-corrected chi connectivity index (χ2v) is 8.80. The van der Waals surface area contributed by atoms with Crippen LogP contribution >= 0.6 is 0 Å². The summed E-state index contributed by atoms with van der Waals surface area (Å²) < 4.78 is 13.3. The average Bonchev–Trinajstić information content (AvgIpc) is 2.67. The SMILES string of the molecule is CC[C@H](C(=O)NC(C)(C)C)N(Cc1ccc(F)cc1)C(=O)CCc1ccc(C)cc1. The van der Waals surface area contributed by atoms with Gasteiger partial charge in [0.05, 0.1) is 0 Å². The summed E-state index contributed by atoms with van der Waals surface area (Å²) in [6.07, 6.45) is 1.42. The van der Waals surface area contributed by atoms with Gasteiger partial charge in [-0.3, -0.25) is 9.59 Å². The highest BCUT2D eigenvalue weighted by Crippen LogP contribution is 2.17. The van der Waals surface area contributed by atoms with E-state index in [0.29, 0.717) is 19.3 Å². The first-order chi connectivity index (χ1) is 14.1. The normalized spacial score (nSPS) is 12.3. The molecule has 2 amide bonds. The third-order valence-electron chi connectivity index (χ3n) is 4.90. The molecular formula is C25H33FN2O2. The Morgan fingerprint density at radius 1 is 1.00 bits per heavy atom. The van der Waals surface area contributed by atoms with Crippen molar-refractivity contribution in [3.05, 3.63) is 71.0 Å². The number of benzene rings is 2. The van der Waals surface area contributed by atoms with Gasteiger partial charge in [-0.2, -0.15) is 0 Å². The number of rotatable bonds is 8. The van der Waals surface area contributed by atoms with Crippen LogP contribution in [0, 0.1) is 12.7 Å². The van der Waals surface area contributed by atoms with Crippen LogP contribution in [0.3, 0.4) is 0 Å². The first-order valence-electron chi connectivity index (χ1n) is 10.5. The van der Waals surface area contributed by atoms with Crippen molar-refractivity contribution < 1.29 is 14.0 Å². The van der Waals surface area contributed by atoms with Crippen molar-refractivity contribution in [2.45, 2.75) is 72.0 Å². The fraction of sp³-hybridized carbons (Fsp3) is 0.440. The maximum Gasteiger partial charge on any atom is 0.243 e. The second kappa shape index (κ2) is 10.4. The molecule has 0 heterocycles. The van der Waals surface area contributed by atoms with Crippen molar-refractivity contribution in [2.75, 3.05) is 0 Å². The highest BCUT2D eigenvalue weighted by molar-refractivity contribution is 5.88. The van der Waals surface area contributed by atoms with Crippen molar-refractivity contribution in [1.82, 2.24) is 10.2 Å². The number of carbonyl (C=O) groups excluding carboxylic acids is 2. The van der Waals surface area contributed by atoms with Crippen molar-refractivity contribution in [2.24, 2.45) is 0 Å². The van der Waals surface area contributed by atoms with E-state index >= 15 is 0 Å². The highest BCUT2D eigenvalue weighted by atomic mass is 19.1. The van der Waals surface area contributed by atoms with Crippen LogP contribution in [0.15, 0.2) is 48.5 Å². The fourth-order valence-electron chi connectivity index (χ4n) is 3.31. The molecule has 2 aromatic carbocycles. The van der Waals surface area contributed by atoms with Crippen LogP contribution in [-0.2, 0) is 22.6 Å². The number of nitrogens with zero attached hydrogens (tertiary/aromatic N) is 1. The van der Waals surface area contributed by atoms with E-state index in [4.69, 9.17) is 0 Å². The van der Waals surface area contributed by atoms with Gasteiger partial charge in [0.1, 0.15) is 11.9 Å². The maximum atomic E-state index is 13.3. The minimum atomic E-state index is -0.584. The second-order valence-electron chi connectivity index (χ2n) is 8.80. The summed E-state index contributed by atoms with van der Waals surface area (Å²) in [5, 5.41) is 2.99. The van der Waals surface area contributed by atoms with Crippen LogP contribution in [0.4, 0.5) is 4.39 Å². The molecule has 0 aliphatic carbocycles. The lowest BCUT2D eigenvalue weighted by Gasteiger charge is -2.33.